The van der Waals surface area contributed by atoms with Gasteiger partial charge in [-0.2, -0.15) is 24.3 Å². The average Bonchev–Trinajstić information content (AvgIpc) is 2.21. The van der Waals surface area contributed by atoms with Gasteiger partial charge in [0.2, 0.25) is 0 Å². The Morgan fingerprint density at radius 1 is 1.29 bits per heavy atom. The van der Waals surface area contributed by atoms with Crippen molar-refractivity contribution in [2.45, 2.75) is 0 Å². The van der Waals surface area contributed by atoms with Gasteiger partial charge in [0.1, 0.15) is 0 Å². The number of nitrogens with one attached hydrogen (secondary N) is 1. The zero-order valence-corrected chi connectivity index (χ0v) is 12.7. The van der Waals surface area contributed by atoms with Gasteiger partial charge in [-0.3, -0.25) is 0 Å². The summed E-state index contributed by atoms with van der Waals surface area (Å²) in [4.78, 5) is 2.38. The fourth-order valence-electron chi connectivity index (χ4n) is 1.50. The molecule has 1 aliphatic heterocycles. The fraction of sp³-hybridized carbons (Fsp3) is 0.364. The Morgan fingerprint density at radius 2 is 2.00 bits per heavy atom. The Morgan fingerprint density at radius 3 is 2.57 bits per heavy atom. The summed E-state index contributed by atoms with van der Waals surface area (Å²) in [6, 6.07) is 11.3. The molecule has 1 aromatic carbocycles. The van der Waals surface area contributed by atoms with Crippen LogP contribution in [0.2, 0.25) is 0 Å². The molecule has 3 heteroatoms. The second-order valence-electron chi connectivity index (χ2n) is 3.00. The van der Waals surface area contributed by atoms with Crippen molar-refractivity contribution in [3.8, 4) is 0 Å². The van der Waals surface area contributed by atoms with Gasteiger partial charge in [0, 0.05) is 26.2 Å². The first-order chi connectivity index (χ1) is 5.97. The molecule has 0 aromatic heterocycles. The van der Waals surface area contributed by atoms with Crippen molar-refractivity contribution >= 4 is 5.69 Å². The third-order valence-corrected chi connectivity index (χ3v) is 2.17. The summed E-state index contributed by atoms with van der Waals surface area (Å²) in [7, 11) is 0. The van der Waals surface area contributed by atoms with Crippen molar-refractivity contribution in [1.82, 2.24) is 5.32 Å². The minimum absolute atomic E-state index is 0. The van der Waals surface area contributed by atoms with Gasteiger partial charge < -0.3 is 17.6 Å². The summed E-state index contributed by atoms with van der Waals surface area (Å²) < 4.78 is 0. The first-order valence-corrected chi connectivity index (χ1v) is 4.38. The predicted molar refractivity (Wildman–Crippen MR) is 56.8 cm³/mol. The summed E-state index contributed by atoms with van der Waals surface area (Å²) in [5.41, 5.74) is 1.29. The van der Waals surface area contributed by atoms with E-state index in [-0.39, 0.29) is 38.5 Å². The Bertz CT molecular complexity index is 232. The first kappa shape index (κ1) is 14.0. The quantitative estimate of drug-likeness (QED) is 0.699. The minimum atomic E-state index is 0. The van der Waals surface area contributed by atoms with Crippen LogP contribution in [0.3, 0.4) is 0 Å². The molecule has 1 heterocycles. The molecule has 0 spiro atoms. The first-order valence-electron chi connectivity index (χ1n) is 4.38. The van der Waals surface area contributed by atoms with Crippen LogP contribution in [0.1, 0.15) is 0 Å². The molecular formula is C11H16N2U. The molecular weight excluding hydrogens is 398 g/mol. The van der Waals surface area contributed by atoms with Gasteiger partial charge >= 0.3 is 31.1 Å². The number of anilines is 1. The molecule has 74 valence electrons. The molecule has 0 bridgehead atoms. The minimum Gasteiger partial charge on any atom is -0.421 e. The second kappa shape index (κ2) is 7.34. The number of benzene rings is 1. The molecule has 1 fully saturated rings. The van der Waals surface area contributed by atoms with Crippen molar-refractivity contribution < 1.29 is 31.1 Å². The largest absolute Gasteiger partial charge is 2.00 e. The third-order valence-electron chi connectivity index (χ3n) is 2.17. The van der Waals surface area contributed by atoms with E-state index in [0.717, 1.165) is 26.2 Å². The molecule has 0 amide bonds. The molecule has 0 atom stereocenters. The van der Waals surface area contributed by atoms with Crippen LogP contribution >= 0.6 is 0 Å². The van der Waals surface area contributed by atoms with Gasteiger partial charge in [0.05, 0.1) is 0 Å². The van der Waals surface area contributed by atoms with Gasteiger partial charge in [-0.25, -0.2) is 0 Å². The van der Waals surface area contributed by atoms with Gasteiger partial charge in [-0.15, -0.1) is 6.07 Å². The maximum atomic E-state index is 3.33. The zero-order valence-electron chi connectivity index (χ0n) is 8.59. The van der Waals surface area contributed by atoms with E-state index < -0.39 is 0 Å². The molecule has 0 unspecified atom stereocenters. The Labute approximate surface area is 110 Å². The van der Waals surface area contributed by atoms with E-state index in [1.807, 2.05) is 18.2 Å². The Kier molecular flexibility index (Phi) is 7.36. The average molecular weight is 414 g/mol. The fourth-order valence-corrected chi connectivity index (χ4v) is 1.50. The number of hydrogen-bond acceptors (Lipinski definition) is 2. The summed E-state index contributed by atoms with van der Waals surface area (Å²) in [5.74, 6) is 0. The molecule has 0 aliphatic carbocycles. The van der Waals surface area contributed by atoms with E-state index in [9.17, 15) is 0 Å². The number of piperazine rings is 1. The van der Waals surface area contributed by atoms with Crippen molar-refractivity contribution in [1.29, 1.82) is 0 Å². The van der Waals surface area contributed by atoms with Gasteiger partial charge in [-0.05, 0) is 0 Å². The molecule has 1 saturated heterocycles. The Hall–Kier alpha value is 0.0319. The van der Waals surface area contributed by atoms with Crippen molar-refractivity contribution in [2.75, 3.05) is 31.1 Å². The van der Waals surface area contributed by atoms with E-state index >= 15 is 0 Å². The molecule has 1 aliphatic rings. The summed E-state index contributed by atoms with van der Waals surface area (Å²) in [5, 5.41) is 3.33. The van der Waals surface area contributed by atoms with Gasteiger partial charge in [-0.1, -0.05) is 5.69 Å². The van der Waals surface area contributed by atoms with Crippen LogP contribution in [0.5, 0.6) is 0 Å². The zero-order chi connectivity index (χ0) is 8.23. The maximum Gasteiger partial charge on any atom is 2.00 e. The van der Waals surface area contributed by atoms with Gasteiger partial charge in [0.25, 0.3) is 0 Å². The number of rotatable bonds is 1. The summed E-state index contributed by atoms with van der Waals surface area (Å²) in [6.45, 7) is 4.40. The molecule has 14 heavy (non-hydrogen) atoms. The summed E-state index contributed by atoms with van der Waals surface area (Å²) in [6.07, 6.45) is 0. The van der Waals surface area contributed by atoms with E-state index in [1.54, 1.807) is 0 Å². The van der Waals surface area contributed by atoms with Crippen LogP contribution in [0.25, 0.3) is 0 Å². The monoisotopic (exact) mass is 414 g/mol. The van der Waals surface area contributed by atoms with E-state index in [0.29, 0.717) is 0 Å². The molecule has 0 radical (unpaired) electrons. The molecule has 0 saturated carbocycles. The maximum absolute atomic E-state index is 3.33. The predicted octanol–water partition coefficient (Wildman–Crippen LogP) is 1.35. The second-order valence-corrected chi connectivity index (χ2v) is 3.00. The van der Waals surface area contributed by atoms with Crippen LogP contribution in [0, 0.1) is 44.6 Å². The van der Waals surface area contributed by atoms with Crippen molar-refractivity contribution in [3.63, 3.8) is 0 Å². The summed E-state index contributed by atoms with van der Waals surface area (Å²) >= 11 is 0. The van der Waals surface area contributed by atoms with E-state index in [2.05, 4.69) is 22.3 Å². The normalized spacial score (nSPS) is 15.3. The van der Waals surface area contributed by atoms with Crippen LogP contribution in [-0.2, 0) is 0 Å². The molecule has 1 N–H and O–H groups in total. The smallest absolute Gasteiger partial charge is 0.421 e. The molecule has 2 rings (SSSR count). The van der Waals surface area contributed by atoms with E-state index in [4.69, 9.17) is 0 Å². The van der Waals surface area contributed by atoms with Gasteiger partial charge in [0.15, 0.2) is 0 Å². The third kappa shape index (κ3) is 3.65. The van der Waals surface area contributed by atoms with Crippen LogP contribution < -0.4 is 10.2 Å². The number of hydrogen-bond donors (Lipinski definition) is 1. The number of nitrogens with zero attached hydrogens (tertiary/aromatic N) is 1. The van der Waals surface area contributed by atoms with Crippen LogP contribution in [0.4, 0.5) is 5.69 Å². The topological polar surface area (TPSA) is 15.3 Å². The molecule has 1 aromatic rings. The van der Waals surface area contributed by atoms with E-state index in [1.165, 1.54) is 5.69 Å². The van der Waals surface area contributed by atoms with Crippen molar-refractivity contribution in [3.05, 3.63) is 37.8 Å². The standard InChI is InChI=1S/C10H13N2.CH3.U/c1-2-4-10(5-3-1)12-8-6-11-7-9-12;;/h1-2,4-5,11H,6-9H2;1H3;/q2*-1;+2. The van der Waals surface area contributed by atoms with Crippen LogP contribution in [0.15, 0.2) is 24.3 Å². The Balaban J connectivity index is 0.000000845. The van der Waals surface area contributed by atoms with Crippen molar-refractivity contribution in [2.24, 2.45) is 0 Å². The SMILES string of the molecule is [CH3-].[U+2].[c-]1cccc(N2CCNCC2)c1. The van der Waals surface area contributed by atoms with Crippen LogP contribution in [-0.4, -0.2) is 26.2 Å². The molecule has 2 nitrogen and oxygen atoms in total.